The average Bonchev–Trinajstić information content (AvgIpc) is 2.14. The Labute approximate surface area is 70.3 Å². The monoisotopic (exact) mass is 256 g/mol. The summed E-state index contributed by atoms with van der Waals surface area (Å²) in [6, 6.07) is 3.22. The Kier molecular flexibility index (Phi) is 2.13. The highest BCUT2D eigenvalue weighted by Crippen LogP contribution is 2.11. The SMILES string of the molecule is O=C(Cl)c1ccc(I)o1. The summed E-state index contributed by atoms with van der Waals surface area (Å²) in [6.45, 7) is 0. The zero-order chi connectivity index (χ0) is 6.85. The van der Waals surface area contributed by atoms with Crippen LogP contribution >= 0.6 is 34.2 Å². The highest BCUT2D eigenvalue weighted by Gasteiger charge is 2.04. The number of halogens is 2. The van der Waals surface area contributed by atoms with Gasteiger partial charge in [0.2, 0.25) is 0 Å². The maximum absolute atomic E-state index is 10.3. The second kappa shape index (κ2) is 2.70. The Balaban J connectivity index is 2.98. The predicted octanol–water partition coefficient (Wildman–Crippen LogP) is 2.26. The third-order valence-electron chi connectivity index (χ3n) is 0.767. The maximum atomic E-state index is 10.3. The molecule has 1 aromatic heterocycles. The molecule has 0 saturated carbocycles. The fourth-order valence-electron chi connectivity index (χ4n) is 0.420. The van der Waals surface area contributed by atoms with Gasteiger partial charge in [0.25, 0.3) is 5.24 Å². The van der Waals surface area contributed by atoms with Crippen LogP contribution in [0.15, 0.2) is 16.5 Å². The quantitative estimate of drug-likeness (QED) is 0.570. The van der Waals surface area contributed by atoms with Crippen LogP contribution in [-0.2, 0) is 0 Å². The van der Waals surface area contributed by atoms with Crippen molar-refractivity contribution in [3.8, 4) is 0 Å². The number of hydrogen-bond donors (Lipinski definition) is 0. The van der Waals surface area contributed by atoms with Crippen molar-refractivity contribution < 1.29 is 9.21 Å². The molecule has 0 unspecified atom stereocenters. The Hall–Kier alpha value is -0.0300. The lowest BCUT2D eigenvalue weighted by Crippen LogP contribution is -1.81. The molecule has 4 heteroatoms. The lowest BCUT2D eigenvalue weighted by Gasteiger charge is -1.80. The zero-order valence-corrected chi connectivity index (χ0v) is 7.14. The molecule has 2 nitrogen and oxygen atoms in total. The molecule has 9 heavy (non-hydrogen) atoms. The highest BCUT2D eigenvalue weighted by molar-refractivity contribution is 14.1. The van der Waals surface area contributed by atoms with Gasteiger partial charge in [0, 0.05) is 0 Å². The third-order valence-corrected chi connectivity index (χ3v) is 1.53. The van der Waals surface area contributed by atoms with E-state index in [1.165, 1.54) is 6.07 Å². The Bertz CT molecular complexity index is 231. The topological polar surface area (TPSA) is 30.2 Å². The molecule has 0 radical (unpaired) electrons. The molecule has 0 aliphatic heterocycles. The van der Waals surface area contributed by atoms with Crippen molar-refractivity contribution in [1.29, 1.82) is 0 Å². The number of carbonyl (C=O) groups excluding carboxylic acids is 1. The minimum absolute atomic E-state index is 0.195. The molecule has 1 heterocycles. The summed E-state index contributed by atoms with van der Waals surface area (Å²) in [5, 5.41) is -0.557. The van der Waals surface area contributed by atoms with Crippen LogP contribution in [0.2, 0.25) is 0 Å². The highest BCUT2D eigenvalue weighted by atomic mass is 127. The summed E-state index contributed by atoms with van der Waals surface area (Å²) in [5.41, 5.74) is 0. The third kappa shape index (κ3) is 1.69. The fraction of sp³-hybridized carbons (Fsp3) is 0. The second-order valence-electron chi connectivity index (χ2n) is 1.38. The lowest BCUT2D eigenvalue weighted by molar-refractivity contribution is 0.105. The first-order valence-corrected chi connectivity index (χ1v) is 3.61. The number of furan rings is 1. The summed E-state index contributed by atoms with van der Waals surface area (Å²) >= 11 is 7.04. The predicted molar refractivity (Wildman–Crippen MR) is 41.6 cm³/mol. The molecule has 0 bridgehead atoms. The molecular weight excluding hydrogens is 254 g/mol. The van der Waals surface area contributed by atoms with E-state index in [-0.39, 0.29) is 5.76 Å². The van der Waals surface area contributed by atoms with Crippen LogP contribution in [0, 0.1) is 3.77 Å². The van der Waals surface area contributed by atoms with Gasteiger partial charge in [-0.15, -0.1) is 0 Å². The van der Waals surface area contributed by atoms with Crippen molar-refractivity contribution in [2.24, 2.45) is 0 Å². The molecule has 0 fully saturated rings. The maximum Gasteiger partial charge on any atom is 0.287 e. The summed E-state index contributed by atoms with van der Waals surface area (Å²) in [7, 11) is 0. The normalized spacial score (nSPS) is 9.56. The van der Waals surface area contributed by atoms with E-state index in [1.807, 2.05) is 22.6 Å². The van der Waals surface area contributed by atoms with Crippen molar-refractivity contribution in [3.05, 3.63) is 21.7 Å². The second-order valence-corrected chi connectivity index (χ2v) is 2.78. The van der Waals surface area contributed by atoms with Crippen LogP contribution in [0.3, 0.4) is 0 Å². The van der Waals surface area contributed by atoms with Gasteiger partial charge in [0.05, 0.1) is 0 Å². The Morgan fingerprint density at radius 1 is 1.67 bits per heavy atom. The van der Waals surface area contributed by atoms with E-state index < -0.39 is 5.24 Å². The summed E-state index contributed by atoms with van der Waals surface area (Å²) in [6.07, 6.45) is 0. The minimum Gasteiger partial charge on any atom is -0.446 e. The number of hydrogen-bond acceptors (Lipinski definition) is 2. The van der Waals surface area contributed by atoms with Gasteiger partial charge in [-0.2, -0.15) is 0 Å². The standard InChI is InChI=1S/C5H2ClIO2/c6-5(8)3-1-2-4(7)9-3/h1-2H. The van der Waals surface area contributed by atoms with Gasteiger partial charge in [0.1, 0.15) is 0 Å². The van der Waals surface area contributed by atoms with Crippen molar-refractivity contribution in [2.45, 2.75) is 0 Å². The van der Waals surface area contributed by atoms with Crippen LogP contribution < -0.4 is 0 Å². The molecule has 1 aromatic rings. The summed E-state index contributed by atoms with van der Waals surface area (Å²) in [4.78, 5) is 10.3. The van der Waals surface area contributed by atoms with Crippen molar-refractivity contribution in [1.82, 2.24) is 0 Å². The van der Waals surface area contributed by atoms with Gasteiger partial charge in [0.15, 0.2) is 9.53 Å². The fourth-order valence-corrected chi connectivity index (χ4v) is 0.939. The van der Waals surface area contributed by atoms with Gasteiger partial charge in [-0.25, -0.2) is 0 Å². The molecule has 0 aliphatic carbocycles. The van der Waals surface area contributed by atoms with E-state index >= 15 is 0 Å². The van der Waals surface area contributed by atoms with Crippen LogP contribution in [0.5, 0.6) is 0 Å². The molecular formula is C5H2ClIO2. The molecule has 0 spiro atoms. The molecule has 0 atom stereocenters. The average molecular weight is 256 g/mol. The van der Waals surface area contributed by atoms with E-state index in [2.05, 4.69) is 0 Å². The van der Waals surface area contributed by atoms with Gasteiger partial charge in [-0.3, -0.25) is 4.79 Å². The van der Waals surface area contributed by atoms with Crippen LogP contribution in [0.1, 0.15) is 10.6 Å². The molecule has 1 rings (SSSR count). The zero-order valence-electron chi connectivity index (χ0n) is 4.23. The largest absolute Gasteiger partial charge is 0.446 e. The molecule has 0 aliphatic rings. The van der Waals surface area contributed by atoms with Crippen LogP contribution in [-0.4, -0.2) is 5.24 Å². The Morgan fingerprint density at radius 2 is 2.33 bits per heavy atom. The Morgan fingerprint density at radius 3 is 2.56 bits per heavy atom. The summed E-state index contributed by atoms with van der Waals surface area (Å²) < 4.78 is 5.51. The van der Waals surface area contributed by atoms with Gasteiger partial charge in [-0.1, -0.05) is 0 Å². The molecule has 0 saturated heterocycles. The van der Waals surface area contributed by atoms with Crippen molar-refractivity contribution >= 4 is 39.4 Å². The minimum atomic E-state index is -0.557. The number of carbonyl (C=O) groups is 1. The van der Waals surface area contributed by atoms with E-state index in [4.69, 9.17) is 16.0 Å². The number of rotatable bonds is 1. The van der Waals surface area contributed by atoms with E-state index in [9.17, 15) is 4.79 Å². The van der Waals surface area contributed by atoms with E-state index in [0.29, 0.717) is 3.77 Å². The smallest absolute Gasteiger partial charge is 0.287 e. The first-order chi connectivity index (χ1) is 4.20. The molecule has 0 aromatic carbocycles. The lowest BCUT2D eigenvalue weighted by atomic mass is 10.5. The van der Waals surface area contributed by atoms with Crippen molar-refractivity contribution in [3.63, 3.8) is 0 Å². The first-order valence-electron chi connectivity index (χ1n) is 2.15. The van der Waals surface area contributed by atoms with Crippen LogP contribution in [0.25, 0.3) is 0 Å². The van der Waals surface area contributed by atoms with Gasteiger partial charge < -0.3 is 4.42 Å². The van der Waals surface area contributed by atoms with E-state index in [1.54, 1.807) is 6.07 Å². The van der Waals surface area contributed by atoms with Gasteiger partial charge >= 0.3 is 0 Å². The van der Waals surface area contributed by atoms with Gasteiger partial charge in [-0.05, 0) is 46.3 Å². The molecule has 0 N–H and O–H groups in total. The molecule has 0 amide bonds. The first kappa shape index (κ1) is 7.08. The summed E-state index contributed by atoms with van der Waals surface area (Å²) in [5.74, 6) is 0.195. The molecule has 48 valence electrons. The van der Waals surface area contributed by atoms with Crippen molar-refractivity contribution in [2.75, 3.05) is 0 Å². The van der Waals surface area contributed by atoms with E-state index in [0.717, 1.165) is 0 Å². The van der Waals surface area contributed by atoms with Crippen LogP contribution in [0.4, 0.5) is 0 Å².